The molecule has 0 aliphatic carbocycles. The fraction of sp³-hybridized carbons (Fsp3) is 0.556. The molecule has 0 saturated carbocycles. The van der Waals surface area contributed by atoms with Crippen LogP contribution in [0.1, 0.15) is 12.8 Å². The molecule has 10 heteroatoms. The Morgan fingerprint density at radius 1 is 1.29 bits per heavy atom. The largest absolute Gasteiger partial charge is 0.497 e. The van der Waals surface area contributed by atoms with Crippen molar-refractivity contribution in [3.8, 4) is 11.5 Å². The van der Waals surface area contributed by atoms with Crippen LogP contribution in [0, 0.1) is 0 Å². The smallest absolute Gasteiger partial charge is 0.277 e. The quantitative estimate of drug-likeness (QED) is 0.715. The average Bonchev–Trinajstić information content (AvgIpc) is 3.36. The first-order valence-electron chi connectivity index (χ1n) is 9.04. The molecule has 0 unspecified atom stereocenters. The monoisotopic (exact) mass is 426 g/mol. The predicted octanol–water partition coefficient (Wildman–Crippen LogP) is 1.48. The molecule has 152 valence electrons. The molecule has 3 fully saturated rings. The van der Waals surface area contributed by atoms with Gasteiger partial charge < -0.3 is 19.1 Å². The summed E-state index contributed by atoms with van der Waals surface area (Å²) in [5, 5.41) is 0.300. The summed E-state index contributed by atoms with van der Waals surface area (Å²) in [7, 11) is -0.0424. The summed E-state index contributed by atoms with van der Waals surface area (Å²) in [4.78, 5) is 18.7. The minimum absolute atomic E-state index is 0.0121. The number of rotatable bonds is 4. The molecule has 0 N–H and O–H groups in total. The second kappa shape index (κ2) is 7.57. The molecule has 8 nitrogen and oxygen atoms in total. The van der Waals surface area contributed by atoms with Crippen LogP contribution < -0.4 is 14.4 Å². The third-order valence-corrected chi connectivity index (χ3v) is 8.33. The van der Waals surface area contributed by atoms with Crippen LogP contribution in [-0.2, 0) is 19.4 Å². The number of amides is 1. The maximum atomic E-state index is 12.6. The van der Waals surface area contributed by atoms with Crippen LogP contribution >= 0.6 is 11.8 Å². The highest BCUT2D eigenvalue weighted by Crippen LogP contribution is 2.45. The standard InChI is InChI=1S/C18H22N2O6S2/c1-24-11-5-6-14(25-2)12(8-11)20-13-9-28(22,23)10-16(13)27-18(20)19-17(21)15-4-3-7-26-15/h5-6,8,13,15-16H,3-4,7,9-10H2,1-2H3/t13-,15+,16+/m0/s1. The van der Waals surface area contributed by atoms with E-state index in [1.807, 2.05) is 4.90 Å². The zero-order valence-corrected chi connectivity index (χ0v) is 17.3. The minimum atomic E-state index is -3.15. The number of nitrogens with zero attached hydrogens (tertiary/aromatic N) is 2. The number of fused-ring (bicyclic) bond motifs is 1. The van der Waals surface area contributed by atoms with E-state index in [0.717, 1.165) is 6.42 Å². The Labute approximate surface area is 168 Å². The normalized spacial score (nSPS) is 29.9. The molecule has 0 aromatic heterocycles. The van der Waals surface area contributed by atoms with Crippen LogP contribution in [0.5, 0.6) is 11.5 Å². The van der Waals surface area contributed by atoms with Crippen molar-refractivity contribution < 1.29 is 27.4 Å². The molecule has 3 saturated heterocycles. The number of carbonyl (C=O) groups excluding carboxylic acids is 1. The summed E-state index contributed by atoms with van der Waals surface area (Å²) in [5.74, 6) is 0.921. The van der Waals surface area contributed by atoms with Gasteiger partial charge in [0.2, 0.25) is 0 Å². The van der Waals surface area contributed by atoms with E-state index in [-0.39, 0.29) is 28.7 Å². The van der Waals surface area contributed by atoms with Crippen molar-refractivity contribution in [1.29, 1.82) is 0 Å². The lowest BCUT2D eigenvalue weighted by atomic mass is 10.2. The van der Waals surface area contributed by atoms with Crippen molar-refractivity contribution in [3.05, 3.63) is 18.2 Å². The Morgan fingerprint density at radius 2 is 2.11 bits per heavy atom. The molecular weight excluding hydrogens is 404 g/mol. The highest BCUT2D eigenvalue weighted by molar-refractivity contribution is 8.16. The number of hydrogen-bond acceptors (Lipinski definition) is 7. The number of methoxy groups -OCH3 is 2. The van der Waals surface area contributed by atoms with E-state index < -0.39 is 15.9 Å². The molecule has 3 atom stereocenters. The Bertz CT molecular complexity index is 911. The number of benzene rings is 1. The van der Waals surface area contributed by atoms with Gasteiger partial charge in [-0.2, -0.15) is 4.99 Å². The summed E-state index contributed by atoms with van der Waals surface area (Å²) >= 11 is 1.33. The number of carbonyl (C=O) groups is 1. The van der Waals surface area contributed by atoms with Gasteiger partial charge in [-0.05, 0) is 25.0 Å². The second-order valence-corrected chi connectivity index (χ2v) is 10.3. The lowest BCUT2D eigenvalue weighted by Gasteiger charge is -2.26. The SMILES string of the molecule is COc1ccc(OC)c(N2C(=NC(=O)[C@H]3CCCO3)S[C@@H]3CS(=O)(=O)C[C@@H]32)c1. The maximum Gasteiger partial charge on any atom is 0.277 e. The summed E-state index contributed by atoms with van der Waals surface area (Å²) in [6, 6.07) is 4.99. The number of amidine groups is 1. The molecular formula is C18H22N2O6S2. The van der Waals surface area contributed by atoms with E-state index in [1.165, 1.54) is 11.8 Å². The van der Waals surface area contributed by atoms with Gasteiger partial charge in [-0.1, -0.05) is 11.8 Å². The zero-order valence-electron chi connectivity index (χ0n) is 15.7. The Kier molecular flexibility index (Phi) is 5.28. The first kappa shape index (κ1) is 19.5. The molecule has 0 radical (unpaired) electrons. The number of ether oxygens (including phenoxy) is 3. The van der Waals surface area contributed by atoms with Crippen LogP contribution in [0.4, 0.5) is 5.69 Å². The third kappa shape index (κ3) is 3.60. The summed E-state index contributed by atoms with van der Waals surface area (Å²) in [6.45, 7) is 0.561. The first-order valence-corrected chi connectivity index (χ1v) is 11.7. The van der Waals surface area contributed by atoms with Crippen molar-refractivity contribution in [2.75, 3.05) is 37.2 Å². The van der Waals surface area contributed by atoms with Crippen LogP contribution in [0.15, 0.2) is 23.2 Å². The van der Waals surface area contributed by atoms with Gasteiger partial charge in [0.1, 0.15) is 17.6 Å². The number of thioether (sulfide) groups is 1. The van der Waals surface area contributed by atoms with E-state index in [4.69, 9.17) is 14.2 Å². The van der Waals surface area contributed by atoms with E-state index >= 15 is 0 Å². The van der Waals surface area contributed by atoms with Crippen molar-refractivity contribution >= 4 is 38.4 Å². The van der Waals surface area contributed by atoms with E-state index in [1.54, 1.807) is 32.4 Å². The molecule has 3 heterocycles. The van der Waals surface area contributed by atoms with Gasteiger partial charge in [-0.25, -0.2) is 8.42 Å². The number of anilines is 1. The Morgan fingerprint density at radius 3 is 2.79 bits per heavy atom. The summed E-state index contributed by atoms with van der Waals surface area (Å²) in [6.07, 6.45) is 0.973. The molecule has 0 spiro atoms. The van der Waals surface area contributed by atoms with Gasteiger partial charge in [-0.3, -0.25) is 4.79 Å². The van der Waals surface area contributed by atoms with Crippen molar-refractivity contribution in [2.45, 2.75) is 30.2 Å². The van der Waals surface area contributed by atoms with Gasteiger partial charge in [0.25, 0.3) is 5.91 Å². The summed E-state index contributed by atoms with van der Waals surface area (Å²) in [5.41, 5.74) is 0.637. The van der Waals surface area contributed by atoms with Crippen LogP contribution in [0.3, 0.4) is 0 Å². The molecule has 3 aliphatic heterocycles. The lowest BCUT2D eigenvalue weighted by molar-refractivity contribution is -0.126. The fourth-order valence-corrected chi connectivity index (χ4v) is 7.68. The molecule has 0 bridgehead atoms. The molecule has 3 aliphatic rings. The van der Waals surface area contributed by atoms with E-state index in [0.29, 0.717) is 35.4 Å². The Balaban J connectivity index is 1.76. The average molecular weight is 427 g/mol. The number of hydrogen-bond donors (Lipinski definition) is 0. The van der Waals surface area contributed by atoms with Crippen molar-refractivity contribution in [2.24, 2.45) is 4.99 Å². The second-order valence-electron chi connectivity index (χ2n) is 6.94. The van der Waals surface area contributed by atoms with Gasteiger partial charge in [0.05, 0.1) is 37.5 Å². The molecule has 1 amide bonds. The lowest BCUT2D eigenvalue weighted by Crippen LogP contribution is -2.38. The van der Waals surface area contributed by atoms with E-state index in [9.17, 15) is 13.2 Å². The van der Waals surface area contributed by atoms with Crippen molar-refractivity contribution in [1.82, 2.24) is 0 Å². The van der Waals surface area contributed by atoms with Crippen LogP contribution in [0.25, 0.3) is 0 Å². The Hall–Kier alpha value is -1.78. The van der Waals surface area contributed by atoms with Gasteiger partial charge >= 0.3 is 0 Å². The topological polar surface area (TPSA) is 94.5 Å². The highest BCUT2D eigenvalue weighted by Gasteiger charge is 2.50. The van der Waals surface area contributed by atoms with E-state index in [2.05, 4.69) is 4.99 Å². The fourth-order valence-electron chi connectivity index (χ4n) is 3.77. The summed E-state index contributed by atoms with van der Waals surface area (Å²) < 4.78 is 40.7. The van der Waals surface area contributed by atoms with Gasteiger partial charge in [0.15, 0.2) is 15.0 Å². The van der Waals surface area contributed by atoms with Gasteiger partial charge in [-0.15, -0.1) is 0 Å². The first-order chi connectivity index (χ1) is 13.4. The van der Waals surface area contributed by atoms with Crippen LogP contribution in [0.2, 0.25) is 0 Å². The molecule has 1 aromatic rings. The molecule has 1 aromatic carbocycles. The maximum absolute atomic E-state index is 12.6. The highest BCUT2D eigenvalue weighted by atomic mass is 32.2. The molecule has 28 heavy (non-hydrogen) atoms. The number of sulfone groups is 1. The minimum Gasteiger partial charge on any atom is -0.497 e. The predicted molar refractivity (Wildman–Crippen MR) is 107 cm³/mol. The number of aliphatic imine (C=N–C) groups is 1. The zero-order chi connectivity index (χ0) is 19.9. The molecule has 4 rings (SSSR count). The third-order valence-electron chi connectivity index (χ3n) is 5.12. The van der Waals surface area contributed by atoms with Crippen molar-refractivity contribution in [3.63, 3.8) is 0 Å². The van der Waals surface area contributed by atoms with Gasteiger partial charge in [0, 0.05) is 17.9 Å². The van der Waals surface area contributed by atoms with Crippen LogP contribution in [-0.4, -0.2) is 69.2 Å².